The number of rotatable bonds is 3. The van der Waals surface area contributed by atoms with Crippen molar-refractivity contribution in [2.24, 2.45) is 0 Å². The van der Waals surface area contributed by atoms with Crippen LogP contribution in [0.4, 0.5) is 19.0 Å². The summed E-state index contributed by atoms with van der Waals surface area (Å²) in [5.74, 6) is -1.21. The number of thioether (sulfide) groups is 1. The first-order valence-electron chi connectivity index (χ1n) is 6.00. The molecule has 10 heteroatoms. The molecule has 3 aromatic rings. The first-order valence-corrected chi connectivity index (χ1v) is 7.22. The first-order chi connectivity index (χ1) is 10.5. The molecule has 0 spiro atoms. The Kier molecular flexibility index (Phi) is 3.61. The summed E-state index contributed by atoms with van der Waals surface area (Å²) in [6.07, 6.45) is 0.818. The third-order valence-corrected chi connectivity index (χ3v) is 3.62. The number of alkyl halides is 2. The zero-order chi connectivity index (χ0) is 15.9. The minimum absolute atomic E-state index is 0.0138. The minimum Gasteiger partial charge on any atom is -0.382 e. The lowest BCUT2D eigenvalue weighted by Crippen LogP contribution is -2.05. The Hall–Kier alpha value is -2.36. The zero-order valence-corrected chi connectivity index (χ0v) is 12.0. The van der Waals surface area contributed by atoms with Gasteiger partial charge in [0.25, 0.3) is 6.43 Å². The molecule has 0 radical (unpaired) electrons. The van der Waals surface area contributed by atoms with Crippen molar-refractivity contribution in [3.05, 3.63) is 30.1 Å². The SMILES string of the molecule is CSc1cc(-c2c(N)nn3c(C(F)F)c(F)cnc23)ncn1. The maximum Gasteiger partial charge on any atom is 0.283 e. The van der Waals surface area contributed by atoms with E-state index in [1.807, 2.05) is 6.26 Å². The number of anilines is 1. The monoisotopic (exact) mass is 326 g/mol. The van der Waals surface area contributed by atoms with Gasteiger partial charge in [-0.25, -0.2) is 32.6 Å². The van der Waals surface area contributed by atoms with Crippen molar-refractivity contribution in [1.82, 2.24) is 24.6 Å². The number of fused-ring (bicyclic) bond motifs is 1. The molecule has 6 nitrogen and oxygen atoms in total. The second-order valence-corrected chi connectivity index (χ2v) is 5.06. The molecule has 22 heavy (non-hydrogen) atoms. The summed E-state index contributed by atoms with van der Waals surface area (Å²) in [6, 6.07) is 1.63. The van der Waals surface area contributed by atoms with Gasteiger partial charge < -0.3 is 5.73 Å². The molecule has 0 fully saturated rings. The Morgan fingerprint density at radius 1 is 1.27 bits per heavy atom. The summed E-state index contributed by atoms with van der Waals surface area (Å²) in [5.41, 5.74) is 5.56. The third kappa shape index (κ3) is 2.25. The number of nitrogens with two attached hydrogens (primary N) is 1. The highest BCUT2D eigenvalue weighted by Crippen LogP contribution is 2.32. The van der Waals surface area contributed by atoms with Crippen LogP contribution in [-0.4, -0.2) is 30.8 Å². The standard InChI is InChI=1S/C12H9F3N6S/c1-22-7-2-6(18-4-19-7)8-11(16)20-21-9(10(14)15)5(13)3-17-12(8)21/h2-4,10H,1H3,(H2,16,20). The van der Waals surface area contributed by atoms with Crippen molar-refractivity contribution in [3.8, 4) is 11.3 Å². The van der Waals surface area contributed by atoms with Crippen molar-refractivity contribution in [2.45, 2.75) is 11.5 Å². The number of nitrogens with zero attached hydrogens (tertiary/aromatic N) is 5. The fourth-order valence-electron chi connectivity index (χ4n) is 2.03. The van der Waals surface area contributed by atoms with Gasteiger partial charge in [-0.3, -0.25) is 0 Å². The van der Waals surface area contributed by atoms with Crippen molar-refractivity contribution in [2.75, 3.05) is 12.0 Å². The highest BCUT2D eigenvalue weighted by atomic mass is 32.2. The molecule has 0 bridgehead atoms. The van der Waals surface area contributed by atoms with E-state index in [0.717, 1.165) is 6.20 Å². The molecule has 0 aliphatic carbocycles. The van der Waals surface area contributed by atoms with E-state index in [1.165, 1.54) is 18.1 Å². The highest BCUT2D eigenvalue weighted by Gasteiger charge is 2.24. The summed E-state index contributed by atoms with van der Waals surface area (Å²) in [4.78, 5) is 11.9. The van der Waals surface area contributed by atoms with Gasteiger partial charge in [0.05, 0.1) is 22.5 Å². The molecule has 0 atom stereocenters. The van der Waals surface area contributed by atoms with E-state index in [9.17, 15) is 13.2 Å². The Morgan fingerprint density at radius 2 is 2.05 bits per heavy atom. The fourth-order valence-corrected chi connectivity index (χ4v) is 2.41. The molecule has 0 aromatic carbocycles. The molecule has 3 heterocycles. The van der Waals surface area contributed by atoms with Crippen LogP contribution in [0.5, 0.6) is 0 Å². The molecule has 0 unspecified atom stereocenters. The summed E-state index contributed by atoms with van der Waals surface area (Å²) < 4.78 is 40.3. The van der Waals surface area contributed by atoms with Crippen LogP contribution in [-0.2, 0) is 0 Å². The Bertz CT molecular complexity index is 850. The van der Waals surface area contributed by atoms with E-state index in [2.05, 4.69) is 20.1 Å². The molecule has 0 amide bonds. The van der Waals surface area contributed by atoms with Gasteiger partial charge in [0, 0.05) is 0 Å². The number of nitrogen functional groups attached to an aromatic ring is 1. The first kappa shape index (κ1) is 14.6. The second kappa shape index (κ2) is 5.44. The van der Waals surface area contributed by atoms with Gasteiger partial charge in [0.1, 0.15) is 12.0 Å². The van der Waals surface area contributed by atoms with Gasteiger partial charge in [0.2, 0.25) is 0 Å². The fraction of sp³-hybridized carbons (Fsp3) is 0.167. The quantitative estimate of drug-likeness (QED) is 0.588. The lowest BCUT2D eigenvalue weighted by Gasteiger charge is -2.05. The minimum atomic E-state index is -3.05. The molecule has 0 saturated heterocycles. The predicted molar refractivity (Wildman–Crippen MR) is 75.1 cm³/mol. The van der Waals surface area contributed by atoms with E-state index in [1.54, 1.807) is 6.07 Å². The van der Waals surface area contributed by atoms with Crippen molar-refractivity contribution in [1.29, 1.82) is 0 Å². The van der Waals surface area contributed by atoms with Crippen LogP contribution in [0.2, 0.25) is 0 Å². The van der Waals surface area contributed by atoms with E-state index >= 15 is 0 Å². The van der Waals surface area contributed by atoms with Crippen LogP contribution in [0.15, 0.2) is 23.6 Å². The van der Waals surface area contributed by atoms with Gasteiger partial charge in [-0.1, -0.05) is 0 Å². The molecular formula is C12H9F3N6S. The second-order valence-electron chi connectivity index (χ2n) is 4.23. The van der Waals surface area contributed by atoms with Crippen molar-refractivity contribution < 1.29 is 13.2 Å². The molecule has 3 rings (SSSR count). The normalized spacial score (nSPS) is 11.5. The van der Waals surface area contributed by atoms with Gasteiger partial charge in [-0.2, -0.15) is 0 Å². The molecular weight excluding hydrogens is 317 g/mol. The third-order valence-electron chi connectivity index (χ3n) is 2.98. The van der Waals surface area contributed by atoms with Crippen LogP contribution in [0, 0.1) is 5.82 Å². The Balaban J connectivity index is 2.31. The summed E-state index contributed by atoms with van der Waals surface area (Å²) >= 11 is 1.38. The van der Waals surface area contributed by atoms with E-state index in [4.69, 9.17) is 5.73 Å². The average Bonchev–Trinajstić information content (AvgIpc) is 2.82. The molecule has 0 aliphatic rings. The lowest BCUT2D eigenvalue weighted by atomic mass is 10.2. The van der Waals surface area contributed by atoms with Crippen LogP contribution in [0.3, 0.4) is 0 Å². The summed E-state index contributed by atoms with van der Waals surface area (Å²) in [5, 5.41) is 4.44. The molecule has 114 valence electrons. The summed E-state index contributed by atoms with van der Waals surface area (Å²) in [6.45, 7) is 0. The number of aromatic nitrogens is 5. The van der Waals surface area contributed by atoms with Crippen molar-refractivity contribution >= 4 is 23.2 Å². The Morgan fingerprint density at radius 3 is 2.73 bits per heavy atom. The lowest BCUT2D eigenvalue weighted by molar-refractivity contribution is 0.137. The zero-order valence-electron chi connectivity index (χ0n) is 11.2. The number of halogens is 3. The molecule has 2 N–H and O–H groups in total. The van der Waals surface area contributed by atoms with Crippen LogP contribution in [0.1, 0.15) is 12.1 Å². The molecule has 3 aromatic heterocycles. The van der Waals surface area contributed by atoms with Gasteiger partial charge >= 0.3 is 0 Å². The van der Waals surface area contributed by atoms with E-state index in [0.29, 0.717) is 15.2 Å². The maximum absolute atomic E-state index is 13.6. The van der Waals surface area contributed by atoms with Crippen LogP contribution in [0.25, 0.3) is 16.9 Å². The highest BCUT2D eigenvalue weighted by molar-refractivity contribution is 7.98. The topological polar surface area (TPSA) is 82.0 Å². The van der Waals surface area contributed by atoms with Crippen LogP contribution >= 0.6 is 11.8 Å². The van der Waals surface area contributed by atoms with Gasteiger partial charge in [-0.05, 0) is 12.3 Å². The predicted octanol–water partition coefficient (Wildman–Crippen LogP) is 2.57. The largest absolute Gasteiger partial charge is 0.382 e. The van der Waals surface area contributed by atoms with E-state index in [-0.39, 0.29) is 17.0 Å². The van der Waals surface area contributed by atoms with Gasteiger partial charge in [-0.15, -0.1) is 16.9 Å². The number of hydrogen-bond acceptors (Lipinski definition) is 6. The summed E-state index contributed by atoms with van der Waals surface area (Å²) in [7, 11) is 0. The molecule has 0 saturated carbocycles. The average molecular weight is 326 g/mol. The van der Waals surface area contributed by atoms with E-state index < -0.39 is 17.9 Å². The van der Waals surface area contributed by atoms with Gasteiger partial charge in [0.15, 0.2) is 17.3 Å². The molecule has 0 aliphatic heterocycles. The maximum atomic E-state index is 13.6. The smallest absolute Gasteiger partial charge is 0.283 e. The Labute approximate surface area is 126 Å². The van der Waals surface area contributed by atoms with Crippen LogP contribution < -0.4 is 5.73 Å². The number of hydrogen-bond donors (Lipinski definition) is 1. The van der Waals surface area contributed by atoms with Crippen molar-refractivity contribution in [3.63, 3.8) is 0 Å².